The average Bonchev–Trinajstić information content (AvgIpc) is 2.93. The number of piperidine rings is 1. The molecule has 2 fully saturated rings. The molecule has 1 saturated carbocycles. The van der Waals surface area contributed by atoms with Crippen molar-refractivity contribution in [1.82, 2.24) is 4.90 Å². The quantitative estimate of drug-likeness (QED) is 0.257. The summed E-state index contributed by atoms with van der Waals surface area (Å²) in [7, 11) is 0. The van der Waals surface area contributed by atoms with Crippen molar-refractivity contribution in [1.29, 1.82) is 0 Å². The van der Waals surface area contributed by atoms with Gasteiger partial charge in [-0.15, -0.1) is 0 Å². The second-order valence-corrected chi connectivity index (χ2v) is 10.6. The maximum absolute atomic E-state index is 13.2. The van der Waals surface area contributed by atoms with Gasteiger partial charge in [-0.2, -0.15) is 13.2 Å². The zero-order chi connectivity index (χ0) is 29.6. The van der Waals surface area contributed by atoms with Gasteiger partial charge in [0.2, 0.25) is 5.91 Å². The van der Waals surface area contributed by atoms with Crippen LogP contribution in [-0.2, 0) is 15.7 Å². The summed E-state index contributed by atoms with van der Waals surface area (Å²) in [6.07, 6.45) is -0.00940. The highest BCUT2D eigenvalue weighted by Gasteiger charge is 2.33. The summed E-state index contributed by atoms with van der Waals surface area (Å²) in [5, 5.41) is 17.8. The molecule has 1 heterocycles. The SMILES string of the molecule is CCOc1cc(NC2CCN(C(=O)COC3CCC(Nc4ccc(C)c(C(F)(F)F)c4)CC3)CC2)ccc1[N+](=O)[O-]. The molecular formula is C29H37F3N4O5. The molecule has 224 valence electrons. The molecule has 9 nitrogen and oxygen atoms in total. The lowest BCUT2D eigenvalue weighted by Crippen LogP contribution is -2.44. The lowest BCUT2D eigenvalue weighted by molar-refractivity contribution is -0.385. The Morgan fingerprint density at radius 3 is 2.22 bits per heavy atom. The van der Waals surface area contributed by atoms with Crippen molar-refractivity contribution < 1.29 is 32.4 Å². The van der Waals surface area contributed by atoms with Crippen LogP contribution in [0.1, 0.15) is 56.6 Å². The van der Waals surface area contributed by atoms with Crippen molar-refractivity contribution in [2.75, 3.05) is 36.9 Å². The Kier molecular flexibility index (Phi) is 9.95. The number of anilines is 2. The number of rotatable bonds is 10. The zero-order valence-electron chi connectivity index (χ0n) is 23.3. The number of nitrogens with zero attached hydrogens (tertiary/aromatic N) is 2. The fraction of sp³-hybridized carbons (Fsp3) is 0.552. The van der Waals surface area contributed by atoms with Crippen molar-refractivity contribution in [3.05, 3.63) is 57.6 Å². The Morgan fingerprint density at radius 1 is 1.00 bits per heavy atom. The number of amides is 1. The largest absolute Gasteiger partial charge is 0.487 e. The number of aryl methyl sites for hydroxylation is 1. The highest BCUT2D eigenvalue weighted by molar-refractivity contribution is 5.77. The summed E-state index contributed by atoms with van der Waals surface area (Å²) in [6, 6.07) is 9.24. The number of ether oxygens (including phenoxy) is 2. The van der Waals surface area contributed by atoms with Gasteiger partial charge in [0, 0.05) is 48.7 Å². The molecule has 41 heavy (non-hydrogen) atoms. The van der Waals surface area contributed by atoms with Crippen molar-refractivity contribution in [2.45, 2.75) is 76.7 Å². The number of alkyl halides is 3. The van der Waals surface area contributed by atoms with E-state index in [1.165, 1.54) is 25.1 Å². The molecule has 0 atom stereocenters. The summed E-state index contributed by atoms with van der Waals surface area (Å²) >= 11 is 0. The predicted octanol–water partition coefficient (Wildman–Crippen LogP) is 6.16. The fourth-order valence-corrected chi connectivity index (χ4v) is 5.44. The van der Waals surface area contributed by atoms with Crippen molar-refractivity contribution in [2.24, 2.45) is 0 Å². The smallest absolute Gasteiger partial charge is 0.416 e. The van der Waals surface area contributed by atoms with Gasteiger partial charge in [0.1, 0.15) is 6.61 Å². The van der Waals surface area contributed by atoms with Gasteiger partial charge in [-0.05, 0) is 76.1 Å². The number of carbonyl (C=O) groups is 1. The fourth-order valence-electron chi connectivity index (χ4n) is 5.44. The van der Waals surface area contributed by atoms with E-state index in [0.29, 0.717) is 25.4 Å². The first-order valence-electron chi connectivity index (χ1n) is 14.0. The van der Waals surface area contributed by atoms with Gasteiger partial charge >= 0.3 is 11.9 Å². The maximum atomic E-state index is 13.2. The van der Waals surface area contributed by atoms with Crippen LogP contribution in [0.5, 0.6) is 5.75 Å². The minimum atomic E-state index is -4.38. The Balaban J connectivity index is 1.17. The van der Waals surface area contributed by atoms with Gasteiger partial charge in [-0.25, -0.2) is 0 Å². The molecule has 2 aromatic carbocycles. The number of halogens is 3. The molecule has 2 aromatic rings. The van der Waals surface area contributed by atoms with Crippen LogP contribution >= 0.6 is 0 Å². The van der Waals surface area contributed by atoms with E-state index in [2.05, 4.69) is 10.6 Å². The minimum absolute atomic E-state index is 0.00777. The number of hydrogen-bond donors (Lipinski definition) is 2. The summed E-state index contributed by atoms with van der Waals surface area (Å²) in [5.74, 6) is 0.167. The number of nitro groups is 1. The number of benzene rings is 2. The molecule has 12 heteroatoms. The molecule has 4 rings (SSSR count). The van der Waals surface area contributed by atoms with Crippen LogP contribution in [0.3, 0.4) is 0 Å². The Bertz CT molecular complexity index is 1210. The lowest BCUT2D eigenvalue weighted by Gasteiger charge is -2.34. The van der Waals surface area contributed by atoms with Gasteiger partial charge < -0.3 is 25.0 Å². The summed E-state index contributed by atoms with van der Waals surface area (Å²) < 4.78 is 51.0. The first-order chi connectivity index (χ1) is 19.5. The monoisotopic (exact) mass is 578 g/mol. The number of likely N-dealkylation sites (tertiary alicyclic amines) is 1. The summed E-state index contributed by atoms with van der Waals surface area (Å²) in [5.41, 5.74) is 0.697. The molecule has 2 aliphatic rings. The van der Waals surface area contributed by atoms with E-state index >= 15 is 0 Å². The second-order valence-electron chi connectivity index (χ2n) is 10.6. The first kappa shape index (κ1) is 30.4. The molecule has 0 spiro atoms. The van der Waals surface area contributed by atoms with Gasteiger partial charge in [0.25, 0.3) is 0 Å². The van der Waals surface area contributed by atoms with Crippen LogP contribution < -0.4 is 15.4 Å². The Hall–Kier alpha value is -3.54. The van der Waals surface area contributed by atoms with Crippen LogP contribution in [0.15, 0.2) is 36.4 Å². The van der Waals surface area contributed by atoms with Crippen LogP contribution in [0.25, 0.3) is 0 Å². The van der Waals surface area contributed by atoms with E-state index in [1.54, 1.807) is 30.0 Å². The standard InChI is InChI=1S/C29H37F3N4O5/c1-3-40-27-17-23(8-11-26(27)36(38)39)34-21-12-14-35(15-13-21)28(37)18-41-24-9-6-20(7-10-24)33-22-5-4-19(2)25(16-22)29(30,31)32/h4-5,8,11,16-17,20-21,24,33-34H,3,6-7,9-10,12-15,18H2,1-2H3. The van der Waals surface area contributed by atoms with E-state index in [1.807, 2.05) is 0 Å². The van der Waals surface area contributed by atoms with Crippen LogP contribution in [0.4, 0.5) is 30.2 Å². The summed E-state index contributed by atoms with van der Waals surface area (Å²) in [6.45, 7) is 4.72. The molecule has 0 aromatic heterocycles. The van der Waals surface area contributed by atoms with Gasteiger partial charge in [0.15, 0.2) is 5.75 Å². The maximum Gasteiger partial charge on any atom is 0.416 e. The molecule has 0 unspecified atom stereocenters. The van der Waals surface area contributed by atoms with Crippen molar-refractivity contribution in [3.8, 4) is 5.75 Å². The zero-order valence-corrected chi connectivity index (χ0v) is 23.3. The van der Waals surface area contributed by atoms with Gasteiger partial charge in [0.05, 0.1) is 23.2 Å². The number of carbonyl (C=O) groups excluding carboxylic acids is 1. The topological polar surface area (TPSA) is 106 Å². The van der Waals surface area contributed by atoms with Gasteiger partial charge in [-0.3, -0.25) is 14.9 Å². The van der Waals surface area contributed by atoms with E-state index in [0.717, 1.165) is 44.2 Å². The summed E-state index contributed by atoms with van der Waals surface area (Å²) in [4.78, 5) is 25.3. The number of hydrogen-bond acceptors (Lipinski definition) is 7. The molecule has 1 aliphatic carbocycles. The number of nitro benzene ring substituents is 1. The molecule has 1 saturated heterocycles. The van der Waals surface area contributed by atoms with E-state index in [-0.39, 0.29) is 47.7 Å². The first-order valence-corrected chi connectivity index (χ1v) is 14.0. The highest BCUT2D eigenvalue weighted by atomic mass is 19.4. The van der Waals surface area contributed by atoms with E-state index in [9.17, 15) is 28.1 Å². The van der Waals surface area contributed by atoms with E-state index < -0.39 is 16.7 Å². The van der Waals surface area contributed by atoms with Crippen LogP contribution in [0.2, 0.25) is 0 Å². The minimum Gasteiger partial charge on any atom is -0.487 e. The molecule has 0 radical (unpaired) electrons. The lowest BCUT2D eigenvalue weighted by atomic mass is 9.92. The Morgan fingerprint density at radius 2 is 1.61 bits per heavy atom. The van der Waals surface area contributed by atoms with Crippen LogP contribution in [0, 0.1) is 17.0 Å². The predicted molar refractivity (Wildman–Crippen MR) is 149 cm³/mol. The third kappa shape index (κ3) is 8.25. The average molecular weight is 579 g/mol. The number of nitrogens with one attached hydrogen (secondary N) is 2. The normalized spacial score (nSPS) is 20.0. The third-order valence-corrected chi connectivity index (χ3v) is 7.71. The van der Waals surface area contributed by atoms with E-state index in [4.69, 9.17) is 9.47 Å². The van der Waals surface area contributed by atoms with Crippen molar-refractivity contribution in [3.63, 3.8) is 0 Å². The molecule has 1 amide bonds. The Labute approximate surface area is 237 Å². The highest BCUT2D eigenvalue weighted by Crippen LogP contribution is 2.34. The van der Waals surface area contributed by atoms with Crippen molar-refractivity contribution >= 4 is 23.0 Å². The van der Waals surface area contributed by atoms with Crippen LogP contribution in [-0.4, -0.2) is 60.2 Å². The molecular weight excluding hydrogens is 541 g/mol. The third-order valence-electron chi connectivity index (χ3n) is 7.71. The second kappa shape index (κ2) is 13.4. The molecule has 2 N–H and O–H groups in total. The van der Waals surface area contributed by atoms with Gasteiger partial charge in [-0.1, -0.05) is 6.07 Å². The molecule has 1 aliphatic heterocycles. The molecule has 0 bridgehead atoms.